The van der Waals surface area contributed by atoms with Crippen molar-refractivity contribution in [2.45, 2.75) is 19.9 Å². The smallest absolute Gasteiger partial charge is 0.319 e. The molecule has 1 N–H and O–H groups in total. The van der Waals surface area contributed by atoms with Gasteiger partial charge in [0.15, 0.2) is 5.78 Å². The number of carbonyl (C=O) groups excluding carboxylic acids is 2. The van der Waals surface area contributed by atoms with Crippen molar-refractivity contribution < 1.29 is 14.3 Å². The van der Waals surface area contributed by atoms with Crippen LogP contribution in [0.3, 0.4) is 0 Å². The van der Waals surface area contributed by atoms with Crippen molar-refractivity contribution in [3.63, 3.8) is 0 Å². The number of ketones is 1. The number of hydrogen-bond acceptors (Lipinski definition) is 4. The minimum absolute atomic E-state index is 0.0273. The van der Waals surface area contributed by atoms with Gasteiger partial charge in [0.1, 0.15) is 0 Å². The van der Waals surface area contributed by atoms with Crippen LogP contribution in [0.15, 0.2) is 30.3 Å². The Labute approximate surface area is 101 Å². The molecule has 0 saturated carbocycles. The van der Waals surface area contributed by atoms with Crippen LogP contribution in [0.5, 0.6) is 0 Å². The predicted molar refractivity (Wildman–Crippen MR) is 64.5 cm³/mol. The van der Waals surface area contributed by atoms with E-state index in [1.165, 1.54) is 6.92 Å². The van der Waals surface area contributed by atoms with Gasteiger partial charge < -0.3 is 4.74 Å². The molecule has 1 aromatic rings. The zero-order chi connectivity index (χ0) is 12.7. The highest BCUT2D eigenvalue weighted by Gasteiger charge is 2.17. The van der Waals surface area contributed by atoms with Gasteiger partial charge in [0, 0.05) is 0 Å². The molecule has 0 radical (unpaired) electrons. The van der Waals surface area contributed by atoms with E-state index >= 15 is 0 Å². The van der Waals surface area contributed by atoms with Gasteiger partial charge in [0.25, 0.3) is 0 Å². The Morgan fingerprint density at radius 3 is 2.47 bits per heavy atom. The SMILES string of the molecule is CCOC(=O)CN[C@@H](C(C)=O)c1ccccc1. The van der Waals surface area contributed by atoms with Crippen molar-refractivity contribution in [2.75, 3.05) is 13.2 Å². The maximum absolute atomic E-state index is 11.5. The summed E-state index contributed by atoms with van der Waals surface area (Å²) < 4.78 is 4.80. The third-order valence-electron chi connectivity index (χ3n) is 2.30. The Hall–Kier alpha value is -1.68. The van der Waals surface area contributed by atoms with E-state index in [1.807, 2.05) is 30.3 Å². The molecule has 0 aliphatic heterocycles. The van der Waals surface area contributed by atoms with Crippen LogP contribution in [0.4, 0.5) is 0 Å². The number of Topliss-reactive ketones (excluding diaryl/α,β-unsaturated/α-hetero) is 1. The minimum Gasteiger partial charge on any atom is -0.465 e. The first kappa shape index (κ1) is 13.4. The monoisotopic (exact) mass is 235 g/mol. The van der Waals surface area contributed by atoms with Gasteiger partial charge >= 0.3 is 5.97 Å². The molecular weight excluding hydrogens is 218 g/mol. The van der Waals surface area contributed by atoms with Gasteiger partial charge in [-0.25, -0.2) is 0 Å². The molecule has 0 fully saturated rings. The molecule has 0 aliphatic carbocycles. The van der Waals surface area contributed by atoms with E-state index < -0.39 is 6.04 Å². The normalized spacial score (nSPS) is 11.9. The molecule has 0 heterocycles. The third kappa shape index (κ3) is 4.36. The summed E-state index contributed by atoms with van der Waals surface area (Å²) in [7, 11) is 0. The van der Waals surface area contributed by atoms with Crippen LogP contribution >= 0.6 is 0 Å². The molecule has 1 aromatic carbocycles. The van der Waals surface area contributed by atoms with Crippen LogP contribution in [0, 0.1) is 0 Å². The lowest BCUT2D eigenvalue weighted by Gasteiger charge is -2.15. The molecule has 92 valence electrons. The number of hydrogen-bond donors (Lipinski definition) is 1. The Bertz CT molecular complexity index is 376. The van der Waals surface area contributed by atoms with Crippen molar-refractivity contribution in [3.8, 4) is 0 Å². The second kappa shape index (κ2) is 6.81. The summed E-state index contributed by atoms with van der Waals surface area (Å²) >= 11 is 0. The molecule has 4 nitrogen and oxygen atoms in total. The van der Waals surface area contributed by atoms with Crippen LogP contribution in [0.2, 0.25) is 0 Å². The molecule has 0 unspecified atom stereocenters. The first-order chi connectivity index (χ1) is 8.15. The molecule has 0 saturated heterocycles. The number of nitrogens with one attached hydrogen (secondary N) is 1. The minimum atomic E-state index is -0.458. The van der Waals surface area contributed by atoms with Gasteiger partial charge in [0.2, 0.25) is 0 Å². The summed E-state index contributed by atoms with van der Waals surface area (Å²) in [5.74, 6) is -0.379. The second-order valence-corrected chi connectivity index (χ2v) is 3.64. The van der Waals surface area contributed by atoms with Gasteiger partial charge in [-0.05, 0) is 19.4 Å². The molecular formula is C13H17NO3. The van der Waals surface area contributed by atoms with Gasteiger partial charge in [-0.1, -0.05) is 30.3 Å². The lowest BCUT2D eigenvalue weighted by molar-refractivity contribution is -0.142. The predicted octanol–water partition coefficient (Wildman–Crippen LogP) is 1.47. The lowest BCUT2D eigenvalue weighted by atomic mass is 10.0. The summed E-state index contributed by atoms with van der Waals surface area (Å²) in [5, 5.41) is 2.90. The third-order valence-corrected chi connectivity index (χ3v) is 2.30. The first-order valence-electron chi connectivity index (χ1n) is 5.59. The zero-order valence-corrected chi connectivity index (χ0v) is 10.1. The van der Waals surface area contributed by atoms with Crippen molar-refractivity contribution in [1.29, 1.82) is 0 Å². The van der Waals surface area contributed by atoms with E-state index in [0.29, 0.717) is 6.61 Å². The largest absolute Gasteiger partial charge is 0.465 e. The molecule has 1 rings (SSSR count). The van der Waals surface area contributed by atoms with Crippen molar-refractivity contribution in [3.05, 3.63) is 35.9 Å². The molecule has 0 bridgehead atoms. The van der Waals surface area contributed by atoms with E-state index in [0.717, 1.165) is 5.56 Å². The average Bonchev–Trinajstić information content (AvgIpc) is 2.30. The van der Waals surface area contributed by atoms with Crippen molar-refractivity contribution >= 4 is 11.8 Å². The molecule has 0 aromatic heterocycles. The Morgan fingerprint density at radius 2 is 1.94 bits per heavy atom. The van der Waals surface area contributed by atoms with E-state index in [2.05, 4.69) is 5.32 Å². The summed E-state index contributed by atoms with van der Waals surface area (Å²) in [6.07, 6.45) is 0. The van der Waals surface area contributed by atoms with E-state index in [4.69, 9.17) is 4.74 Å². The van der Waals surface area contributed by atoms with Gasteiger partial charge in [-0.15, -0.1) is 0 Å². The van der Waals surface area contributed by atoms with Crippen molar-refractivity contribution in [2.24, 2.45) is 0 Å². The highest BCUT2D eigenvalue weighted by Crippen LogP contribution is 2.12. The summed E-state index contributed by atoms with van der Waals surface area (Å²) in [6.45, 7) is 3.62. The standard InChI is InChI=1S/C13H17NO3/c1-3-17-12(16)9-14-13(10(2)15)11-7-5-4-6-8-11/h4-8,13-14H,3,9H2,1-2H3/t13-/m0/s1. The lowest BCUT2D eigenvalue weighted by Crippen LogP contribution is -2.32. The molecule has 0 aliphatic rings. The fourth-order valence-electron chi connectivity index (χ4n) is 1.54. The molecule has 0 spiro atoms. The number of rotatable bonds is 6. The second-order valence-electron chi connectivity index (χ2n) is 3.64. The Balaban J connectivity index is 2.62. The first-order valence-corrected chi connectivity index (χ1v) is 5.59. The van der Waals surface area contributed by atoms with Crippen LogP contribution < -0.4 is 5.32 Å². The highest BCUT2D eigenvalue weighted by atomic mass is 16.5. The number of carbonyl (C=O) groups is 2. The number of esters is 1. The van der Waals surface area contributed by atoms with Crippen LogP contribution in [-0.4, -0.2) is 24.9 Å². The Morgan fingerprint density at radius 1 is 1.29 bits per heavy atom. The summed E-state index contributed by atoms with van der Waals surface area (Å²) in [4.78, 5) is 22.7. The Kier molecular flexibility index (Phi) is 5.36. The van der Waals surface area contributed by atoms with Crippen LogP contribution in [-0.2, 0) is 14.3 Å². The number of ether oxygens (including phenoxy) is 1. The maximum atomic E-state index is 11.5. The van der Waals surface area contributed by atoms with E-state index in [1.54, 1.807) is 6.92 Å². The van der Waals surface area contributed by atoms with Crippen LogP contribution in [0.1, 0.15) is 25.5 Å². The van der Waals surface area contributed by atoms with Crippen LogP contribution in [0.25, 0.3) is 0 Å². The topological polar surface area (TPSA) is 55.4 Å². The summed E-state index contributed by atoms with van der Waals surface area (Å²) in [6, 6.07) is 8.84. The van der Waals surface area contributed by atoms with Gasteiger partial charge in [-0.3, -0.25) is 14.9 Å². The molecule has 17 heavy (non-hydrogen) atoms. The zero-order valence-electron chi connectivity index (χ0n) is 10.1. The molecule has 4 heteroatoms. The van der Waals surface area contributed by atoms with Gasteiger partial charge in [0.05, 0.1) is 19.2 Å². The quantitative estimate of drug-likeness (QED) is 0.759. The fraction of sp³-hybridized carbons (Fsp3) is 0.385. The van der Waals surface area contributed by atoms with E-state index in [9.17, 15) is 9.59 Å². The molecule has 1 atom stereocenters. The molecule has 0 amide bonds. The highest BCUT2D eigenvalue weighted by molar-refractivity contribution is 5.83. The maximum Gasteiger partial charge on any atom is 0.319 e. The number of benzene rings is 1. The average molecular weight is 235 g/mol. The van der Waals surface area contributed by atoms with Gasteiger partial charge in [-0.2, -0.15) is 0 Å². The summed E-state index contributed by atoms with van der Waals surface area (Å²) in [5.41, 5.74) is 0.851. The van der Waals surface area contributed by atoms with E-state index in [-0.39, 0.29) is 18.3 Å². The van der Waals surface area contributed by atoms with Crippen molar-refractivity contribution in [1.82, 2.24) is 5.32 Å². The fourth-order valence-corrected chi connectivity index (χ4v) is 1.54.